The van der Waals surface area contributed by atoms with Crippen LogP contribution in [0, 0.1) is 0 Å². The van der Waals surface area contributed by atoms with E-state index in [1.807, 2.05) is 0 Å². The monoisotopic (exact) mass is 508 g/mol. The maximum atomic E-state index is 13.8. The number of rotatable bonds is 3. The smallest absolute Gasteiger partial charge is 0.416 e. The Bertz CT molecular complexity index is 1080. The fourth-order valence-corrected chi connectivity index (χ4v) is 6.08. The van der Waals surface area contributed by atoms with Crippen LogP contribution in [0.5, 0.6) is 0 Å². The van der Waals surface area contributed by atoms with Crippen molar-refractivity contribution >= 4 is 11.9 Å². The summed E-state index contributed by atoms with van der Waals surface area (Å²) < 4.78 is 56.7. The number of alkyl halides is 3. The average molecular weight is 509 g/mol. The van der Waals surface area contributed by atoms with Gasteiger partial charge in [0.05, 0.1) is 23.8 Å². The fourth-order valence-electron chi connectivity index (χ4n) is 6.08. The molecule has 0 aromatic heterocycles. The molecule has 5 rings (SSSR count). The number of carbonyl (C=O) groups excluding carboxylic acids is 2. The molecule has 1 spiro atoms. The third kappa shape index (κ3) is 4.43. The first kappa shape index (κ1) is 25.2. The van der Waals surface area contributed by atoms with Gasteiger partial charge in [0.15, 0.2) is 0 Å². The van der Waals surface area contributed by atoms with Gasteiger partial charge < -0.3 is 19.1 Å². The summed E-state index contributed by atoms with van der Waals surface area (Å²) in [6, 6.07) is 3.90. The highest BCUT2D eigenvalue weighted by Gasteiger charge is 2.52. The summed E-state index contributed by atoms with van der Waals surface area (Å²) in [5, 5.41) is 0. The van der Waals surface area contributed by atoms with Gasteiger partial charge >= 0.3 is 12.1 Å². The molecule has 1 amide bonds. The number of amides is 1. The van der Waals surface area contributed by atoms with Crippen LogP contribution in [0.3, 0.4) is 0 Å². The van der Waals surface area contributed by atoms with Crippen LogP contribution in [0.4, 0.5) is 13.2 Å². The van der Waals surface area contributed by atoms with E-state index in [0.717, 1.165) is 24.1 Å². The van der Waals surface area contributed by atoms with E-state index in [1.165, 1.54) is 6.07 Å². The van der Waals surface area contributed by atoms with Crippen molar-refractivity contribution in [1.82, 2.24) is 9.80 Å². The van der Waals surface area contributed by atoms with Gasteiger partial charge in [0, 0.05) is 64.4 Å². The Kier molecular flexibility index (Phi) is 6.63. The molecule has 0 aliphatic carbocycles. The third-order valence-corrected chi connectivity index (χ3v) is 8.12. The number of fused-ring (bicyclic) bond motifs is 1. The minimum absolute atomic E-state index is 0.0349. The van der Waals surface area contributed by atoms with Gasteiger partial charge in [-0.15, -0.1) is 0 Å². The summed E-state index contributed by atoms with van der Waals surface area (Å²) in [4.78, 5) is 30.3. The number of ether oxygens (including phenoxy) is 3. The van der Waals surface area contributed by atoms with Gasteiger partial charge in [-0.05, 0) is 43.0 Å². The van der Waals surface area contributed by atoms with Gasteiger partial charge in [-0.2, -0.15) is 13.2 Å². The van der Waals surface area contributed by atoms with Crippen molar-refractivity contribution in [2.75, 3.05) is 40.0 Å². The van der Waals surface area contributed by atoms with E-state index in [9.17, 15) is 22.8 Å². The predicted octanol–water partition coefficient (Wildman–Crippen LogP) is 3.10. The van der Waals surface area contributed by atoms with E-state index in [1.54, 1.807) is 18.9 Å². The molecule has 2 saturated heterocycles. The summed E-state index contributed by atoms with van der Waals surface area (Å²) in [5.41, 5.74) is 0.223. The molecule has 0 N–H and O–H groups in total. The number of benzene rings is 1. The van der Waals surface area contributed by atoms with Crippen LogP contribution in [-0.4, -0.2) is 79.4 Å². The zero-order valence-corrected chi connectivity index (χ0v) is 20.5. The molecule has 2 atom stereocenters. The van der Waals surface area contributed by atoms with Crippen LogP contribution in [0.15, 0.2) is 29.3 Å². The SMILES string of the molecule is CO[C@@H]1COCC[C@@H]1N1CCC2(CC1)OC(=O)C(C)=C2C(=O)N1CCc2ccc(C(F)(F)F)cc2C1. The number of methoxy groups -OCH3 is 1. The Hall–Kier alpha value is -2.43. The molecule has 196 valence electrons. The number of hydrogen-bond acceptors (Lipinski definition) is 6. The number of likely N-dealkylation sites (tertiary alicyclic amines) is 1. The Labute approximate surface area is 208 Å². The third-order valence-electron chi connectivity index (χ3n) is 8.12. The fraction of sp³-hybridized carbons (Fsp3) is 0.615. The normalized spacial score (nSPS) is 26.8. The van der Waals surface area contributed by atoms with Crippen molar-refractivity contribution in [2.24, 2.45) is 0 Å². The topological polar surface area (TPSA) is 68.3 Å². The second-order valence-corrected chi connectivity index (χ2v) is 10.1. The van der Waals surface area contributed by atoms with Crippen molar-refractivity contribution in [1.29, 1.82) is 0 Å². The molecule has 2 fully saturated rings. The van der Waals surface area contributed by atoms with Gasteiger partial charge in [0.2, 0.25) is 0 Å². The molecule has 0 unspecified atom stereocenters. The van der Waals surface area contributed by atoms with Crippen LogP contribution in [0.1, 0.15) is 42.9 Å². The minimum atomic E-state index is -4.45. The van der Waals surface area contributed by atoms with Gasteiger partial charge in [-0.1, -0.05) is 6.07 Å². The Morgan fingerprint density at radius 1 is 1.17 bits per heavy atom. The lowest BCUT2D eigenvalue weighted by molar-refractivity contribution is -0.154. The molecular formula is C26H31F3N2O5. The van der Waals surface area contributed by atoms with Crippen molar-refractivity contribution in [2.45, 2.75) is 63.1 Å². The van der Waals surface area contributed by atoms with Gasteiger partial charge in [0.25, 0.3) is 5.91 Å². The van der Waals surface area contributed by atoms with E-state index in [2.05, 4.69) is 4.90 Å². The Morgan fingerprint density at radius 2 is 1.92 bits per heavy atom. The van der Waals surface area contributed by atoms with Gasteiger partial charge in [-0.25, -0.2) is 4.79 Å². The minimum Gasteiger partial charge on any atom is -0.450 e. The lowest BCUT2D eigenvalue weighted by atomic mass is 9.81. The van der Waals surface area contributed by atoms with Crippen molar-refractivity contribution in [3.8, 4) is 0 Å². The molecule has 10 heteroatoms. The van der Waals surface area contributed by atoms with Crippen LogP contribution < -0.4 is 0 Å². The highest BCUT2D eigenvalue weighted by molar-refractivity contribution is 6.07. The van der Waals surface area contributed by atoms with E-state index in [4.69, 9.17) is 14.2 Å². The summed E-state index contributed by atoms with van der Waals surface area (Å²) >= 11 is 0. The molecule has 7 nitrogen and oxygen atoms in total. The molecule has 4 aliphatic rings. The molecule has 1 aromatic carbocycles. The largest absolute Gasteiger partial charge is 0.450 e. The summed E-state index contributed by atoms with van der Waals surface area (Å²) in [7, 11) is 1.67. The maximum Gasteiger partial charge on any atom is 0.416 e. The lowest BCUT2D eigenvalue weighted by Crippen LogP contribution is -2.56. The molecule has 4 heterocycles. The number of piperidine rings is 1. The van der Waals surface area contributed by atoms with E-state index >= 15 is 0 Å². The Morgan fingerprint density at radius 3 is 2.61 bits per heavy atom. The molecular weight excluding hydrogens is 477 g/mol. The average Bonchev–Trinajstić information content (AvgIpc) is 3.11. The second kappa shape index (κ2) is 9.46. The number of carbonyl (C=O) groups is 2. The first-order valence-corrected chi connectivity index (χ1v) is 12.4. The van der Waals surface area contributed by atoms with Crippen LogP contribution >= 0.6 is 0 Å². The summed E-state index contributed by atoms with van der Waals surface area (Å²) in [5.74, 6) is -0.819. The highest BCUT2D eigenvalue weighted by Crippen LogP contribution is 2.43. The molecule has 4 aliphatic heterocycles. The van der Waals surface area contributed by atoms with Crippen LogP contribution in [0.2, 0.25) is 0 Å². The number of halogens is 3. The summed E-state index contributed by atoms with van der Waals surface area (Å²) in [6.07, 6.45) is -2.22. The number of esters is 1. The molecule has 0 saturated carbocycles. The van der Waals surface area contributed by atoms with E-state index < -0.39 is 23.3 Å². The Balaban J connectivity index is 1.34. The van der Waals surface area contributed by atoms with Crippen LogP contribution in [0.25, 0.3) is 0 Å². The first-order valence-electron chi connectivity index (χ1n) is 12.4. The van der Waals surface area contributed by atoms with Gasteiger partial charge in [0.1, 0.15) is 5.60 Å². The predicted molar refractivity (Wildman–Crippen MR) is 123 cm³/mol. The zero-order chi connectivity index (χ0) is 25.7. The number of hydrogen-bond donors (Lipinski definition) is 0. The summed E-state index contributed by atoms with van der Waals surface area (Å²) in [6.45, 7) is 4.53. The quantitative estimate of drug-likeness (QED) is 0.585. The second-order valence-electron chi connectivity index (χ2n) is 10.1. The lowest BCUT2D eigenvalue weighted by Gasteiger charge is -2.46. The van der Waals surface area contributed by atoms with Crippen LogP contribution in [-0.2, 0) is 42.9 Å². The van der Waals surface area contributed by atoms with Crippen molar-refractivity contribution < 1.29 is 37.0 Å². The standard InChI is InChI=1S/C26H31F3N2O5/c1-16-22(23(32)31-9-5-17-3-4-19(26(27,28)29)13-18(17)14-31)25(36-24(16)33)7-10-30(11-8-25)20-6-12-35-15-21(20)34-2/h3-4,13,20-21H,5-12,14-15H2,1-2H3/t20-,21+/m0/s1. The molecule has 0 radical (unpaired) electrons. The van der Waals surface area contributed by atoms with Crippen molar-refractivity contribution in [3.05, 3.63) is 46.0 Å². The van der Waals surface area contributed by atoms with Gasteiger partial charge in [-0.3, -0.25) is 9.69 Å². The maximum absolute atomic E-state index is 13.8. The molecule has 1 aromatic rings. The van der Waals surface area contributed by atoms with Crippen molar-refractivity contribution in [3.63, 3.8) is 0 Å². The zero-order valence-electron chi connectivity index (χ0n) is 20.5. The highest BCUT2D eigenvalue weighted by atomic mass is 19.4. The van der Waals surface area contributed by atoms with E-state index in [-0.39, 0.29) is 24.6 Å². The first-order chi connectivity index (χ1) is 17.1. The number of nitrogens with zero attached hydrogens (tertiary/aromatic N) is 2. The molecule has 0 bridgehead atoms. The molecule has 36 heavy (non-hydrogen) atoms. The van der Waals surface area contributed by atoms with E-state index in [0.29, 0.717) is 68.8 Å².